The molecule has 2 heterocycles. The van der Waals surface area contributed by atoms with Crippen molar-refractivity contribution in [3.05, 3.63) is 26.7 Å². The van der Waals surface area contributed by atoms with E-state index in [2.05, 4.69) is 32.6 Å². The van der Waals surface area contributed by atoms with Crippen molar-refractivity contribution in [3.8, 4) is 0 Å². The molecule has 0 spiro atoms. The first-order valence-corrected chi connectivity index (χ1v) is 8.22. The van der Waals surface area contributed by atoms with Gasteiger partial charge in [0, 0.05) is 10.9 Å². The van der Waals surface area contributed by atoms with Crippen LogP contribution in [0.4, 0.5) is 11.9 Å². The van der Waals surface area contributed by atoms with Crippen LogP contribution in [0, 0.1) is 13.8 Å². The van der Waals surface area contributed by atoms with E-state index in [4.69, 9.17) is 17.3 Å². The van der Waals surface area contributed by atoms with Crippen LogP contribution in [-0.2, 0) is 6.42 Å². The molecule has 0 aromatic carbocycles. The average Bonchev–Trinajstić information content (AvgIpc) is 2.74. The first kappa shape index (κ1) is 16.0. The molecule has 1 atom stereocenters. The van der Waals surface area contributed by atoms with Gasteiger partial charge in [-0.25, -0.2) is 0 Å². The first-order valence-electron chi connectivity index (χ1n) is 6.96. The van der Waals surface area contributed by atoms with Crippen molar-refractivity contribution in [2.45, 2.75) is 46.1 Å². The van der Waals surface area contributed by atoms with Crippen molar-refractivity contribution in [1.82, 2.24) is 15.0 Å². The summed E-state index contributed by atoms with van der Waals surface area (Å²) < 4.78 is 0. The van der Waals surface area contributed by atoms with Gasteiger partial charge in [-0.1, -0.05) is 18.5 Å². The lowest BCUT2D eigenvalue weighted by molar-refractivity contribution is 0.630. The zero-order chi connectivity index (χ0) is 15.4. The highest BCUT2D eigenvalue weighted by atomic mass is 35.5. The Morgan fingerprint density at radius 2 is 2.10 bits per heavy atom. The van der Waals surface area contributed by atoms with Crippen LogP contribution in [0.25, 0.3) is 0 Å². The van der Waals surface area contributed by atoms with E-state index >= 15 is 0 Å². The molecule has 2 aromatic heterocycles. The number of nitrogens with one attached hydrogen (secondary N) is 1. The van der Waals surface area contributed by atoms with Gasteiger partial charge in [0.15, 0.2) is 0 Å². The van der Waals surface area contributed by atoms with Crippen LogP contribution in [-0.4, -0.2) is 21.0 Å². The standard InChI is InChI=1S/C14H20ClN5S/c1-4-10(5-6-11-12(15)8(2)7-21-11)19-14-18-9(3)17-13(16)20-14/h7,10H,4-6H2,1-3H3,(H3,16,17,18,19,20). The summed E-state index contributed by atoms with van der Waals surface area (Å²) in [4.78, 5) is 13.6. The number of halogens is 1. The Hall–Kier alpha value is -1.40. The molecule has 0 amide bonds. The summed E-state index contributed by atoms with van der Waals surface area (Å²) >= 11 is 8.00. The smallest absolute Gasteiger partial charge is 0.227 e. The molecule has 0 radical (unpaired) electrons. The van der Waals surface area contributed by atoms with E-state index in [0.717, 1.165) is 29.8 Å². The van der Waals surface area contributed by atoms with E-state index in [-0.39, 0.29) is 12.0 Å². The molecule has 21 heavy (non-hydrogen) atoms. The molecular formula is C14H20ClN5S. The van der Waals surface area contributed by atoms with Gasteiger partial charge in [0.05, 0.1) is 5.02 Å². The van der Waals surface area contributed by atoms with Crippen molar-refractivity contribution in [1.29, 1.82) is 0 Å². The maximum Gasteiger partial charge on any atom is 0.227 e. The molecular weight excluding hydrogens is 306 g/mol. The van der Waals surface area contributed by atoms with Gasteiger partial charge >= 0.3 is 0 Å². The van der Waals surface area contributed by atoms with Crippen LogP contribution < -0.4 is 11.1 Å². The van der Waals surface area contributed by atoms with Gasteiger partial charge in [-0.2, -0.15) is 15.0 Å². The van der Waals surface area contributed by atoms with Crippen LogP contribution in [0.5, 0.6) is 0 Å². The highest BCUT2D eigenvalue weighted by Gasteiger charge is 2.12. The number of nitrogens with zero attached hydrogens (tertiary/aromatic N) is 3. The van der Waals surface area contributed by atoms with Crippen LogP contribution in [0.15, 0.2) is 5.38 Å². The zero-order valence-electron chi connectivity index (χ0n) is 12.5. The summed E-state index contributed by atoms with van der Waals surface area (Å²) in [5.41, 5.74) is 6.80. The largest absolute Gasteiger partial charge is 0.368 e. The monoisotopic (exact) mass is 325 g/mol. The Balaban J connectivity index is 1.98. The van der Waals surface area contributed by atoms with Gasteiger partial charge < -0.3 is 11.1 Å². The number of aryl methyl sites for hydroxylation is 3. The molecule has 0 aliphatic rings. The maximum absolute atomic E-state index is 6.28. The molecule has 114 valence electrons. The van der Waals surface area contributed by atoms with Gasteiger partial charge in [-0.15, -0.1) is 11.3 Å². The van der Waals surface area contributed by atoms with Crippen molar-refractivity contribution < 1.29 is 0 Å². The van der Waals surface area contributed by atoms with E-state index in [9.17, 15) is 0 Å². The van der Waals surface area contributed by atoms with Gasteiger partial charge in [0.25, 0.3) is 0 Å². The molecule has 3 N–H and O–H groups in total. The minimum Gasteiger partial charge on any atom is -0.368 e. The summed E-state index contributed by atoms with van der Waals surface area (Å²) in [5, 5.41) is 6.32. The van der Waals surface area contributed by atoms with E-state index in [1.807, 2.05) is 6.92 Å². The number of rotatable bonds is 6. The minimum atomic E-state index is 0.247. The number of nitrogens with two attached hydrogens (primary N) is 1. The molecule has 2 rings (SSSR count). The lowest BCUT2D eigenvalue weighted by Gasteiger charge is -2.16. The maximum atomic E-state index is 6.28. The van der Waals surface area contributed by atoms with Crippen molar-refractivity contribution >= 4 is 34.8 Å². The highest BCUT2D eigenvalue weighted by molar-refractivity contribution is 7.10. The normalized spacial score (nSPS) is 12.4. The minimum absolute atomic E-state index is 0.247. The van der Waals surface area contributed by atoms with Crippen molar-refractivity contribution in [3.63, 3.8) is 0 Å². The topological polar surface area (TPSA) is 76.7 Å². The quantitative estimate of drug-likeness (QED) is 0.848. The number of aromatic nitrogens is 3. The number of anilines is 2. The number of thiophene rings is 1. The Morgan fingerprint density at radius 3 is 2.67 bits per heavy atom. The van der Waals surface area contributed by atoms with E-state index < -0.39 is 0 Å². The third-order valence-electron chi connectivity index (χ3n) is 3.28. The average molecular weight is 326 g/mol. The van der Waals surface area contributed by atoms with Crippen molar-refractivity contribution in [2.75, 3.05) is 11.1 Å². The Morgan fingerprint density at radius 1 is 1.33 bits per heavy atom. The summed E-state index contributed by atoms with van der Waals surface area (Å²) in [7, 11) is 0. The van der Waals surface area contributed by atoms with Gasteiger partial charge in [0.2, 0.25) is 11.9 Å². The molecule has 5 nitrogen and oxygen atoms in total. The molecule has 0 saturated heterocycles. The summed E-state index contributed by atoms with van der Waals surface area (Å²) in [6.45, 7) is 5.98. The predicted molar refractivity (Wildman–Crippen MR) is 89.1 cm³/mol. The zero-order valence-corrected chi connectivity index (χ0v) is 14.1. The second-order valence-corrected chi connectivity index (χ2v) is 6.35. The fourth-order valence-electron chi connectivity index (χ4n) is 2.08. The SMILES string of the molecule is CCC(CCc1scc(C)c1Cl)Nc1nc(C)nc(N)n1. The first-order chi connectivity index (χ1) is 9.99. The number of hydrogen-bond acceptors (Lipinski definition) is 6. The predicted octanol–water partition coefficient (Wildman–Crippen LogP) is 3.61. The molecule has 0 saturated carbocycles. The highest BCUT2D eigenvalue weighted by Crippen LogP contribution is 2.28. The fraction of sp³-hybridized carbons (Fsp3) is 0.500. The summed E-state index contributed by atoms with van der Waals surface area (Å²) in [5.74, 6) is 1.41. The Labute approximate surface area is 134 Å². The Bertz CT molecular complexity index is 593. The van der Waals surface area contributed by atoms with Crippen LogP contribution >= 0.6 is 22.9 Å². The second-order valence-electron chi connectivity index (χ2n) is 5.01. The lowest BCUT2D eigenvalue weighted by atomic mass is 10.1. The van der Waals surface area contributed by atoms with Gasteiger partial charge in [0.1, 0.15) is 5.82 Å². The molecule has 1 unspecified atom stereocenters. The number of hydrogen-bond donors (Lipinski definition) is 2. The van der Waals surface area contributed by atoms with Gasteiger partial charge in [-0.3, -0.25) is 0 Å². The lowest BCUT2D eigenvalue weighted by Crippen LogP contribution is -2.21. The molecule has 0 fully saturated rings. The fourth-order valence-corrected chi connectivity index (χ4v) is 3.37. The third-order valence-corrected chi connectivity index (χ3v) is 5.08. The molecule has 0 bridgehead atoms. The Kier molecular flexibility index (Phi) is 5.36. The second kappa shape index (κ2) is 7.04. The van der Waals surface area contributed by atoms with Crippen LogP contribution in [0.1, 0.15) is 36.0 Å². The summed E-state index contributed by atoms with van der Waals surface area (Å²) in [6.07, 6.45) is 2.90. The van der Waals surface area contributed by atoms with E-state index in [1.165, 1.54) is 4.88 Å². The van der Waals surface area contributed by atoms with Crippen LogP contribution in [0.3, 0.4) is 0 Å². The summed E-state index contributed by atoms with van der Waals surface area (Å²) in [6, 6.07) is 0.282. The third kappa shape index (κ3) is 4.28. The molecule has 2 aromatic rings. The van der Waals surface area contributed by atoms with E-state index in [0.29, 0.717) is 11.8 Å². The number of nitrogen functional groups attached to an aromatic ring is 1. The van der Waals surface area contributed by atoms with E-state index in [1.54, 1.807) is 18.3 Å². The molecule has 0 aliphatic heterocycles. The molecule has 7 heteroatoms. The molecule has 0 aliphatic carbocycles. The van der Waals surface area contributed by atoms with Crippen LogP contribution in [0.2, 0.25) is 5.02 Å². The van der Waals surface area contributed by atoms with Crippen molar-refractivity contribution in [2.24, 2.45) is 0 Å². The van der Waals surface area contributed by atoms with Gasteiger partial charge in [-0.05, 0) is 44.1 Å².